The Morgan fingerprint density at radius 1 is 1.04 bits per heavy atom. The molecule has 0 unspecified atom stereocenters. The molecule has 0 aliphatic rings. The van der Waals surface area contributed by atoms with Crippen molar-refractivity contribution in [3.05, 3.63) is 77.9 Å². The summed E-state index contributed by atoms with van der Waals surface area (Å²) in [7, 11) is 0. The Kier molecular flexibility index (Phi) is 4.97. The van der Waals surface area contributed by atoms with E-state index in [1.54, 1.807) is 23.1 Å². The van der Waals surface area contributed by atoms with Crippen molar-refractivity contribution in [3.63, 3.8) is 0 Å². The zero-order chi connectivity index (χ0) is 18.8. The normalized spacial score (nSPS) is 10.9. The average Bonchev–Trinajstić information content (AvgIpc) is 3.11. The molecule has 0 aliphatic heterocycles. The van der Waals surface area contributed by atoms with Gasteiger partial charge in [-0.15, -0.1) is 23.1 Å². The summed E-state index contributed by atoms with van der Waals surface area (Å²) in [6, 6.07) is 21.8. The number of thiazole rings is 1. The molecule has 0 saturated heterocycles. The summed E-state index contributed by atoms with van der Waals surface area (Å²) in [6.45, 7) is 2.09. The largest absolute Gasteiger partial charge is 0.322 e. The van der Waals surface area contributed by atoms with Crippen LogP contribution >= 0.6 is 23.1 Å². The molecule has 1 heterocycles. The number of hydrogen-bond donors (Lipinski definition) is 1. The zero-order valence-corrected chi connectivity index (χ0v) is 16.7. The van der Waals surface area contributed by atoms with E-state index in [4.69, 9.17) is 4.98 Å². The highest BCUT2D eigenvalue weighted by Crippen LogP contribution is 2.31. The van der Waals surface area contributed by atoms with E-state index < -0.39 is 0 Å². The van der Waals surface area contributed by atoms with Crippen molar-refractivity contribution >= 4 is 44.9 Å². The van der Waals surface area contributed by atoms with Gasteiger partial charge in [0.05, 0.1) is 10.2 Å². The molecular formula is C22H18N2OS2. The van der Waals surface area contributed by atoms with Gasteiger partial charge in [-0.05, 0) is 73.3 Å². The van der Waals surface area contributed by atoms with Crippen LogP contribution in [-0.4, -0.2) is 17.1 Å². The van der Waals surface area contributed by atoms with Gasteiger partial charge in [0.1, 0.15) is 5.01 Å². The van der Waals surface area contributed by atoms with E-state index in [1.807, 2.05) is 54.8 Å². The lowest BCUT2D eigenvalue weighted by molar-refractivity contribution is 0.102. The van der Waals surface area contributed by atoms with Crippen molar-refractivity contribution < 1.29 is 4.79 Å². The Hall–Kier alpha value is -2.63. The topological polar surface area (TPSA) is 42.0 Å². The highest BCUT2D eigenvalue weighted by Gasteiger charge is 2.09. The summed E-state index contributed by atoms with van der Waals surface area (Å²) < 4.78 is 1.19. The number of rotatable bonds is 4. The van der Waals surface area contributed by atoms with Crippen molar-refractivity contribution in [1.82, 2.24) is 4.98 Å². The van der Waals surface area contributed by atoms with Gasteiger partial charge in [-0.1, -0.05) is 12.1 Å². The van der Waals surface area contributed by atoms with Crippen molar-refractivity contribution in [2.24, 2.45) is 0 Å². The summed E-state index contributed by atoms with van der Waals surface area (Å²) >= 11 is 3.31. The molecule has 1 N–H and O–H groups in total. The van der Waals surface area contributed by atoms with Gasteiger partial charge in [0.15, 0.2) is 0 Å². The molecule has 0 atom stereocenters. The summed E-state index contributed by atoms with van der Waals surface area (Å²) in [4.78, 5) is 18.2. The lowest BCUT2D eigenvalue weighted by atomic mass is 10.2. The molecule has 3 nitrogen and oxygen atoms in total. The molecule has 0 radical (unpaired) electrons. The summed E-state index contributed by atoms with van der Waals surface area (Å²) in [6.07, 6.45) is 2.00. The molecular weight excluding hydrogens is 372 g/mol. The first-order chi connectivity index (χ1) is 13.1. The second-order valence-corrected chi connectivity index (χ2v) is 8.16. The molecule has 0 fully saturated rings. The van der Waals surface area contributed by atoms with Crippen LogP contribution in [0.2, 0.25) is 0 Å². The van der Waals surface area contributed by atoms with Gasteiger partial charge in [0.25, 0.3) is 5.91 Å². The summed E-state index contributed by atoms with van der Waals surface area (Å²) in [5.74, 6) is -0.103. The predicted molar refractivity (Wildman–Crippen MR) is 116 cm³/mol. The third-order valence-corrected chi connectivity index (χ3v) is 6.06. The SMILES string of the molecule is CSc1cccc(C(=O)Nc2ccc(-c3nc4ccc(C)cc4s3)cc2)c1. The monoisotopic (exact) mass is 390 g/mol. The standard InChI is InChI=1S/C22H18N2OS2/c1-14-6-11-19-20(12-14)27-22(24-19)15-7-9-17(10-8-15)23-21(25)16-4-3-5-18(13-16)26-2/h3-13H,1-2H3,(H,23,25). The van der Waals surface area contributed by atoms with Crippen LogP contribution in [0.5, 0.6) is 0 Å². The van der Waals surface area contributed by atoms with E-state index in [0.29, 0.717) is 5.56 Å². The van der Waals surface area contributed by atoms with E-state index >= 15 is 0 Å². The van der Waals surface area contributed by atoms with Crippen LogP contribution in [0.4, 0.5) is 5.69 Å². The Bertz CT molecular complexity index is 1120. The number of nitrogens with one attached hydrogen (secondary N) is 1. The molecule has 0 bridgehead atoms. The van der Waals surface area contributed by atoms with E-state index in [1.165, 1.54) is 10.3 Å². The first kappa shape index (κ1) is 17.8. The van der Waals surface area contributed by atoms with Crippen LogP contribution in [-0.2, 0) is 0 Å². The van der Waals surface area contributed by atoms with Crippen molar-refractivity contribution in [2.75, 3.05) is 11.6 Å². The fraction of sp³-hybridized carbons (Fsp3) is 0.0909. The van der Waals surface area contributed by atoms with Crippen LogP contribution in [0, 0.1) is 6.92 Å². The van der Waals surface area contributed by atoms with Crippen molar-refractivity contribution in [2.45, 2.75) is 11.8 Å². The van der Waals surface area contributed by atoms with Gasteiger partial charge < -0.3 is 5.32 Å². The number of fused-ring (bicyclic) bond motifs is 1. The van der Waals surface area contributed by atoms with Gasteiger partial charge in [-0.25, -0.2) is 4.98 Å². The maximum absolute atomic E-state index is 12.5. The fourth-order valence-corrected chi connectivity index (χ4v) is 4.35. The molecule has 1 aromatic heterocycles. The van der Waals surface area contributed by atoms with Gasteiger partial charge in [0.2, 0.25) is 0 Å². The average molecular weight is 391 g/mol. The smallest absolute Gasteiger partial charge is 0.255 e. The summed E-state index contributed by atoms with van der Waals surface area (Å²) in [5, 5.41) is 3.94. The van der Waals surface area contributed by atoms with E-state index in [9.17, 15) is 4.79 Å². The first-order valence-corrected chi connectivity index (χ1v) is 10.6. The number of anilines is 1. The fourth-order valence-electron chi connectivity index (χ4n) is 2.82. The Labute approximate surface area is 166 Å². The number of carbonyl (C=O) groups is 1. The molecule has 5 heteroatoms. The van der Waals surface area contributed by atoms with Crippen LogP contribution in [0.25, 0.3) is 20.8 Å². The quantitative estimate of drug-likeness (QED) is 0.419. The second kappa shape index (κ2) is 7.55. The first-order valence-electron chi connectivity index (χ1n) is 8.55. The predicted octanol–water partition coefficient (Wildman–Crippen LogP) is 6.25. The molecule has 0 spiro atoms. The minimum absolute atomic E-state index is 0.103. The molecule has 0 aliphatic carbocycles. The van der Waals surface area contributed by atoms with Crippen LogP contribution in [0.1, 0.15) is 15.9 Å². The van der Waals surface area contributed by atoms with Gasteiger partial charge in [0, 0.05) is 21.7 Å². The maximum Gasteiger partial charge on any atom is 0.255 e. The second-order valence-electron chi connectivity index (χ2n) is 6.25. The van der Waals surface area contributed by atoms with Gasteiger partial charge in [-0.3, -0.25) is 4.79 Å². The molecule has 3 aromatic carbocycles. The lowest BCUT2D eigenvalue weighted by Crippen LogP contribution is -2.11. The molecule has 1 amide bonds. The highest BCUT2D eigenvalue weighted by molar-refractivity contribution is 7.98. The number of aryl methyl sites for hydroxylation is 1. The molecule has 0 saturated carbocycles. The maximum atomic E-state index is 12.5. The van der Waals surface area contributed by atoms with Crippen molar-refractivity contribution in [3.8, 4) is 10.6 Å². The van der Waals surface area contributed by atoms with Crippen LogP contribution < -0.4 is 5.32 Å². The van der Waals surface area contributed by atoms with Crippen LogP contribution in [0.3, 0.4) is 0 Å². The lowest BCUT2D eigenvalue weighted by Gasteiger charge is -2.07. The highest BCUT2D eigenvalue weighted by atomic mass is 32.2. The number of benzene rings is 3. The number of amides is 1. The third-order valence-electron chi connectivity index (χ3n) is 4.27. The molecule has 4 rings (SSSR count). The van der Waals surface area contributed by atoms with E-state index in [-0.39, 0.29) is 5.91 Å². The Balaban J connectivity index is 1.53. The van der Waals surface area contributed by atoms with Crippen molar-refractivity contribution in [1.29, 1.82) is 0 Å². The number of aromatic nitrogens is 1. The third kappa shape index (κ3) is 3.89. The molecule has 27 heavy (non-hydrogen) atoms. The number of thioether (sulfide) groups is 1. The van der Waals surface area contributed by atoms with E-state index in [2.05, 4.69) is 30.4 Å². The van der Waals surface area contributed by atoms with Gasteiger partial charge >= 0.3 is 0 Å². The number of nitrogens with zero attached hydrogens (tertiary/aromatic N) is 1. The minimum atomic E-state index is -0.103. The number of carbonyl (C=O) groups excluding carboxylic acids is 1. The Morgan fingerprint density at radius 3 is 2.63 bits per heavy atom. The van der Waals surface area contributed by atoms with Crippen LogP contribution in [0.15, 0.2) is 71.6 Å². The van der Waals surface area contributed by atoms with E-state index in [0.717, 1.165) is 26.7 Å². The molecule has 4 aromatic rings. The molecule has 134 valence electrons. The van der Waals surface area contributed by atoms with Gasteiger partial charge in [-0.2, -0.15) is 0 Å². The number of hydrogen-bond acceptors (Lipinski definition) is 4. The Morgan fingerprint density at radius 2 is 1.85 bits per heavy atom. The zero-order valence-electron chi connectivity index (χ0n) is 15.0. The summed E-state index contributed by atoms with van der Waals surface area (Å²) in [5.41, 5.74) is 4.74. The minimum Gasteiger partial charge on any atom is -0.322 e.